The van der Waals surface area contributed by atoms with Gasteiger partial charge in [0.2, 0.25) is 0 Å². The van der Waals surface area contributed by atoms with Gasteiger partial charge in [-0.1, -0.05) is 30.3 Å². The van der Waals surface area contributed by atoms with Gasteiger partial charge in [-0.15, -0.1) is 11.8 Å². The van der Waals surface area contributed by atoms with Gasteiger partial charge in [0.25, 0.3) is 0 Å². The van der Waals surface area contributed by atoms with Crippen molar-refractivity contribution in [3.8, 4) is 5.75 Å². The van der Waals surface area contributed by atoms with Gasteiger partial charge < -0.3 is 10.5 Å². The summed E-state index contributed by atoms with van der Waals surface area (Å²) in [6.45, 7) is 0. The molecule has 2 rings (SSSR count). The van der Waals surface area contributed by atoms with Gasteiger partial charge in [-0.3, -0.25) is 4.79 Å². The van der Waals surface area contributed by atoms with Crippen LogP contribution in [0.1, 0.15) is 15.9 Å². The number of carbonyl (C=O) groups excluding carboxylic acids is 1. The van der Waals surface area contributed by atoms with Crippen LogP contribution in [0.15, 0.2) is 48.5 Å². The lowest BCUT2D eigenvalue weighted by atomic mass is 10.0. The summed E-state index contributed by atoms with van der Waals surface area (Å²) in [5.41, 5.74) is 7.50. The molecule has 0 amide bonds. The van der Waals surface area contributed by atoms with E-state index >= 15 is 0 Å². The average molecular weight is 273 g/mol. The molecule has 0 unspecified atom stereocenters. The quantitative estimate of drug-likeness (QED) is 0.516. The molecule has 3 nitrogen and oxygen atoms in total. The van der Waals surface area contributed by atoms with Crippen LogP contribution in [0.4, 0.5) is 5.69 Å². The Morgan fingerprint density at radius 2 is 1.95 bits per heavy atom. The van der Waals surface area contributed by atoms with Crippen molar-refractivity contribution in [2.45, 2.75) is 0 Å². The number of carbonyl (C=O) groups is 1. The molecule has 0 aliphatic carbocycles. The van der Waals surface area contributed by atoms with Gasteiger partial charge >= 0.3 is 0 Å². The number of nitrogen functional groups attached to an aromatic ring is 1. The fraction of sp³-hybridized carbons (Fsp3) is 0.133. The molecule has 2 aromatic carbocycles. The highest BCUT2D eigenvalue weighted by atomic mass is 32.2. The fourth-order valence-electron chi connectivity index (χ4n) is 1.71. The number of anilines is 1. The molecule has 0 fully saturated rings. The Labute approximate surface area is 116 Å². The summed E-state index contributed by atoms with van der Waals surface area (Å²) in [6.07, 6.45) is 1.96. The van der Waals surface area contributed by atoms with Crippen LogP contribution in [0.2, 0.25) is 0 Å². The monoisotopic (exact) mass is 273 g/mol. The first kappa shape index (κ1) is 13.5. The second kappa shape index (κ2) is 6.29. The highest BCUT2D eigenvalue weighted by Gasteiger charge is 2.12. The Kier molecular flexibility index (Phi) is 4.47. The smallest absolute Gasteiger partial charge is 0.195 e. The Hall–Kier alpha value is -1.94. The van der Waals surface area contributed by atoms with Crippen LogP contribution in [0.5, 0.6) is 5.75 Å². The van der Waals surface area contributed by atoms with E-state index in [9.17, 15) is 4.79 Å². The molecule has 0 aliphatic heterocycles. The van der Waals surface area contributed by atoms with Gasteiger partial charge in [0.1, 0.15) is 11.7 Å². The van der Waals surface area contributed by atoms with Crippen molar-refractivity contribution in [1.82, 2.24) is 0 Å². The number of ether oxygens (including phenoxy) is 1. The van der Waals surface area contributed by atoms with E-state index in [1.54, 1.807) is 42.1 Å². The fourth-order valence-corrected chi connectivity index (χ4v) is 1.96. The van der Waals surface area contributed by atoms with E-state index < -0.39 is 0 Å². The van der Waals surface area contributed by atoms with Gasteiger partial charge in [-0.2, -0.15) is 0 Å². The first-order chi connectivity index (χ1) is 9.22. The topological polar surface area (TPSA) is 52.3 Å². The Balaban J connectivity index is 2.24. The number of rotatable bonds is 5. The lowest BCUT2D eigenvalue weighted by Gasteiger charge is -2.08. The summed E-state index contributed by atoms with van der Waals surface area (Å²) < 4.78 is 5.45. The van der Waals surface area contributed by atoms with E-state index in [1.165, 1.54) is 0 Å². The first-order valence-corrected chi connectivity index (χ1v) is 7.23. The molecule has 19 heavy (non-hydrogen) atoms. The van der Waals surface area contributed by atoms with Gasteiger partial charge in [0.15, 0.2) is 5.78 Å². The van der Waals surface area contributed by atoms with E-state index in [2.05, 4.69) is 0 Å². The van der Waals surface area contributed by atoms with Gasteiger partial charge in [-0.05, 0) is 18.4 Å². The third kappa shape index (κ3) is 3.29. The average Bonchev–Trinajstić information content (AvgIpc) is 2.45. The Morgan fingerprint density at radius 3 is 2.58 bits per heavy atom. The summed E-state index contributed by atoms with van der Waals surface area (Å²) >= 11 is 1.58. The van der Waals surface area contributed by atoms with E-state index in [0.29, 0.717) is 28.5 Å². The number of benzene rings is 2. The largest absolute Gasteiger partial charge is 0.483 e. The van der Waals surface area contributed by atoms with Gasteiger partial charge in [0, 0.05) is 22.9 Å². The number of hydrogen-bond donors (Lipinski definition) is 1. The van der Waals surface area contributed by atoms with Crippen molar-refractivity contribution in [3.05, 3.63) is 59.7 Å². The summed E-state index contributed by atoms with van der Waals surface area (Å²) in [7, 11) is 0. The minimum Gasteiger partial charge on any atom is -0.483 e. The molecule has 0 bridgehead atoms. The molecule has 0 spiro atoms. The molecule has 0 aliphatic rings. The highest BCUT2D eigenvalue weighted by molar-refractivity contribution is 7.98. The number of ketones is 1. The van der Waals surface area contributed by atoms with Crippen LogP contribution in [0.25, 0.3) is 0 Å². The number of hydrogen-bond acceptors (Lipinski definition) is 4. The molecule has 0 saturated heterocycles. The predicted molar refractivity (Wildman–Crippen MR) is 79.7 cm³/mol. The maximum atomic E-state index is 12.3. The van der Waals surface area contributed by atoms with Crippen LogP contribution < -0.4 is 10.5 Å². The second-order valence-electron chi connectivity index (χ2n) is 4.00. The van der Waals surface area contributed by atoms with Crippen molar-refractivity contribution in [2.75, 3.05) is 17.9 Å². The van der Waals surface area contributed by atoms with Crippen molar-refractivity contribution in [2.24, 2.45) is 0 Å². The SMILES string of the molecule is CSCOc1ccc(C(=O)c2ccccc2)c(N)c1. The molecule has 0 radical (unpaired) electrons. The van der Waals surface area contributed by atoms with E-state index in [-0.39, 0.29) is 5.78 Å². The van der Waals surface area contributed by atoms with Crippen LogP contribution in [0, 0.1) is 0 Å². The maximum Gasteiger partial charge on any atom is 0.195 e. The number of nitrogens with two attached hydrogens (primary N) is 1. The third-order valence-electron chi connectivity index (χ3n) is 2.65. The first-order valence-electron chi connectivity index (χ1n) is 5.83. The second-order valence-corrected chi connectivity index (χ2v) is 4.81. The summed E-state index contributed by atoms with van der Waals surface area (Å²) in [5, 5.41) is 0. The van der Waals surface area contributed by atoms with Gasteiger partial charge in [-0.25, -0.2) is 0 Å². The standard InChI is InChI=1S/C15H15NO2S/c1-19-10-18-12-7-8-13(14(16)9-12)15(17)11-5-3-2-4-6-11/h2-9H,10,16H2,1H3. The third-order valence-corrected chi connectivity index (χ3v) is 3.00. The predicted octanol–water partition coefficient (Wildman–Crippen LogP) is 3.20. The number of thioether (sulfide) groups is 1. The molecule has 0 aromatic heterocycles. The minimum absolute atomic E-state index is 0.0745. The normalized spacial score (nSPS) is 10.2. The van der Waals surface area contributed by atoms with Crippen molar-refractivity contribution in [1.29, 1.82) is 0 Å². The van der Waals surface area contributed by atoms with Crippen LogP contribution >= 0.6 is 11.8 Å². The van der Waals surface area contributed by atoms with Crippen molar-refractivity contribution in [3.63, 3.8) is 0 Å². The zero-order valence-corrected chi connectivity index (χ0v) is 11.4. The van der Waals surface area contributed by atoms with E-state index in [4.69, 9.17) is 10.5 Å². The minimum atomic E-state index is -0.0745. The molecule has 2 aromatic rings. The van der Waals surface area contributed by atoms with Crippen LogP contribution in [-0.2, 0) is 0 Å². The lowest BCUT2D eigenvalue weighted by molar-refractivity contribution is 0.103. The lowest BCUT2D eigenvalue weighted by Crippen LogP contribution is -2.05. The zero-order chi connectivity index (χ0) is 13.7. The Bertz CT molecular complexity index is 570. The molecule has 0 atom stereocenters. The summed E-state index contributed by atoms with van der Waals surface area (Å²) in [6, 6.07) is 14.3. The van der Waals surface area contributed by atoms with Gasteiger partial charge in [0.05, 0.1) is 0 Å². The molecule has 4 heteroatoms. The van der Waals surface area contributed by atoms with E-state index in [1.807, 2.05) is 24.5 Å². The molecular weight excluding hydrogens is 258 g/mol. The zero-order valence-electron chi connectivity index (χ0n) is 10.6. The van der Waals surface area contributed by atoms with Crippen LogP contribution in [0.3, 0.4) is 0 Å². The van der Waals surface area contributed by atoms with Crippen molar-refractivity contribution < 1.29 is 9.53 Å². The highest BCUT2D eigenvalue weighted by Crippen LogP contribution is 2.23. The van der Waals surface area contributed by atoms with Crippen LogP contribution in [-0.4, -0.2) is 18.0 Å². The molecule has 0 heterocycles. The molecule has 2 N–H and O–H groups in total. The van der Waals surface area contributed by atoms with E-state index in [0.717, 1.165) is 0 Å². The van der Waals surface area contributed by atoms with Crippen molar-refractivity contribution >= 4 is 23.2 Å². The molecular formula is C15H15NO2S. The summed E-state index contributed by atoms with van der Waals surface area (Å²) in [4.78, 5) is 12.3. The summed E-state index contributed by atoms with van der Waals surface area (Å²) in [5.74, 6) is 1.16. The molecule has 0 saturated carbocycles. The Morgan fingerprint density at radius 1 is 1.21 bits per heavy atom. The molecule has 98 valence electrons. The maximum absolute atomic E-state index is 12.3.